The van der Waals surface area contributed by atoms with Crippen molar-refractivity contribution in [2.75, 3.05) is 23.3 Å². The number of anilines is 2. The molecule has 1 aliphatic rings. The van der Waals surface area contributed by atoms with Crippen LogP contribution in [0.25, 0.3) is 10.8 Å². The van der Waals surface area contributed by atoms with Crippen LogP contribution in [0, 0.1) is 16.0 Å². The number of hydrogen-bond donors (Lipinski definition) is 1. The van der Waals surface area contributed by atoms with Crippen LogP contribution in [-0.4, -0.2) is 28.9 Å². The largest absolute Gasteiger partial charge is 0.371 e. The number of nitrogens with zero attached hydrogens (tertiary/aromatic N) is 3. The van der Waals surface area contributed by atoms with E-state index in [1.54, 1.807) is 12.3 Å². The molecule has 0 aliphatic carbocycles. The molecule has 1 aromatic heterocycles. The topological polar surface area (TPSA) is 88.4 Å². The molecule has 7 heteroatoms. The Morgan fingerprint density at radius 1 is 1.07 bits per heavy atom. The van der Waals surface area contributed by atoms with Gasteiger partial charge in [-0.15, -0.1) is 0 Å². The van der Waals surface area contributed by atoms with Crippen molar-refractivity contribution in [1.29, 1.82) is 0 Å². The van der Waals surface area contributed by atoms with Crippen molar-refractivity contribution in [3.63, 3.8) is 0 Å². The Morgan fingerprint density at radius 3 is 2.54 bits per heavy atom. The van der Waals surface area contributed by atoms with Crippen molar-refractivity contribution in [2.24, 2.45) is 5.92 Å². The van der Waals surface area contributed by atoms with Crippen LogP contribution >= 0.6 is 0 Å². The molecule has 0 radical (unpaired) electrons. The molecule has 2 heterocycles. The molecule has 2 aromatic carbocycles. The van der Waals surface area contributed by atoms with E-state index in [0.29, 0.717) is 5.39 Å². The monoisotopic (exact) mass is 376 g/mol. The number of nitrogens with one attached hydrogen (secondary N) is 1. The SMILES string of the molecule is O=C(Nc1ccccc1)C1CCN(c2ccc([N+](=O)[O-])c3cnccc23)CC1. The fourth-order valence-electron chi connectivity index (χ4n) is 3.74. The highest BCUT2D eigenvalue weighted by atomic mass is 16.6. The van der Waals surface area contributed by atoms with Crippen molar-refractivity contribution >= 4 is 33.7 Å². The number of piperidine rings is 1. The number of fused-ring (bicyclic) bond motifs is 1. The second-order valence-corrected chi connectivity index (χ2v) is 6.90. The molecule has 7 nitrogen and oxygen atoms in total. The second-order valence-electron chi connectivity index (χ2n) is 6.90. The molecule has 0 bridgehead atoms. The van der Waals surface area contributed by atoms with Crippen LogP contribution in [0.1, 0.15) is 12.8 Å². The predicted octanol–water partition coefficient (Wildman–Crippen LogP) is 4.00. The number of amides is 1. The van der Waals surface area contributed by atoms with E-state index < -0.39 is 0 Å². The van der Waals surface area contributed by atoms with Gasteiger partial charge in [0.05, 0.1) is 10.3 Å². The molecule has 3 aromatic rings. The Morgan fingerprint density at radius 2 is 1.82 bits per heavy atom. The van der Waals surface area contributed by atoms with E-state index in [2.05, 4.69) is 15.2 Å². The van der Waals surface area contributed by atoms with Gasteiger partial charge in [0.15, 0.2) is 0 Å². The van der Waals surface area contributed by atoms with Crippen molar-refractivity contribution in [1.82, 2.24) is 4.98 Å². The summed E-state index contributed by atoms with van der Waals surface area (Å²) in [4.78, 5) is 29.7. The lowest BCUT2D eigenvalue weighted by Crippen LogP contribution is -2.38. The van der Waals surface area contributed by atoms with Crippen molar-refractivity contribution in [2.45, 2.75) is 12.8 Å². The second kappa shape index (κ2) is 7.64. The summed E-state index contributed by atoms with van der Waals surface area (Å²) in [7, 11) is 0. The van der Waals surface area contributed by atoms with E-state index in [1.807, 2.05) is 36.4 Å². The van der Waals surface area contributed by atoms with Crippen LogP contribution in [-0.2, 0) is 4.79 Å². The number of hydrogen-bond acceptors (Lipinski definition) is 5. The molecule has 1 N–H and O–H groups in total. The highest BCUT2D eigenvalue weighted by molar-refractivity contribution is 5.99. The number of carbonyl (C=O) groups is 1. The predicted molar refractivity (Wildman–Crippen MR) is 108 cm³/mol. The Hall–Kier alpha value is -3.48. The summed E-state index contributed by atoms with van der Waals surface area (Å²) in [5.74, 6) is 0.00560. The van der Waals surface area contributed by atoms with E-state index in [1.165, 1.54) is 12.3 Å². The molecular formula is C21H20N4O3. The number of nitro groups is 1. The lowest BCUT2D eigenvalue weighted by molar-refractivity contribution is -0.383. The van der Waals surface area contributed by atoms with E-state index >= 15 is 0 Å². The molecule has 4 rings (SSSR count). The lowest BCUT2D eigenvalue weighted by atomic mass is 9.94. The first-order valence-corrected chi connectivity index (χ1v) is 9.25. The number of non-ortho nitro benzene ring substituents is 1. The van der Waals surface area contributed by atoms with Gasteiger partial charge in [-0.2, -0.15) is 0 Å². The zero-order valence-corrected chi connectivity index (χ0v) is 15.2. The van der Waals surface area contributed by atoms with Gasteiger partial charge in [0.2, 0.25) is 5.91 Å². The van der Waals surface area contributed by atoms with Crippen LogP contribution in [0.2, 0.25) is 0 Å². The Bertz CT molecular complexity index is 1010. The smallest absolute Gasteiger partial charge is 0.278 e. The Labute approximate surface area is 162 Å². The number of aromatic nitrogens is 1. The van der Waals surface area contributed by atoms with Crippen LogP contribution in [0.4, 0.5) is 17.1 Å². The van der Waals surface area contributed by atoms with E-state index in [-0.39, 0.29) is 22.4 Å². The normalized spacial score (nSPS) is 14.8. The first-order valence-electron chi connectivity index (χ1n) is 9.25. The Balaban J connectivity index is 1.49. The minimum Gasteiger partial charge on any atom is -0.371 e. The average molecular weight is 376 g/mol. The van der Waals surface area contributed by atoms with Gasteiger partial charge in [-0.05, 0) is 37.1 Å². The molecular weight excluding hydrogens is 356 g/mol. The number of pyridine rings is 1. The first kappa shape index (κ1) is 17.9. The molecule has 1 saturated heterocycles. The summed E-state index contributed by atoms with van der Waals surface area (Å²) >= 11 is 0. The van der Waals surface area contributed by atoms with Crippen LogP contribution in [0.15, 0.2) is 60.9 Å². The van der Waals surface area contributed by atoms with Gasteiger partial charge in [-0.25, -0.2) is 0 Å². The summed E-state index contributed by atoms with van der Waals surface area (Å²) < 4.78 is 0. The molecule has 28 heavy (non-hydrogen) atoms. The van der Waals surface area contributed by atoms with Gasteiger partial charge in [0, 0.05) is 54.2 Å². The minimum absolute atomic E-state index is 0.0394. The van der Waals surface area contributed by atoms with Crippen molar-refractivity contribution in [3.05, 3.63) is 71.0 Å². The van der Waals surface area contributed by atoms with E-state index in [0.717, 1.165) is 42.7 Å². The fourth-order valence-corrected chi connectivity index (χ4v) is 3.74. The Kier molecular flexibility index (Phi) is 4.89. The number of rotatable bonds is 4. The standard InChI is InChI=1S/C21H20N4O3/c26-21(23-16-4-2-1-3-5-16)15-9-12-24(13-10-15)19-6-7-20(25(27)28)18-14-22-11-8-17(18)19/h1-8,11,14-15H,9-10,12-13H2,(H,23,26). The van der Waals surface area contributed by atoms with Gasteiger partial charge in [0.1, 0.15) is 0 Å². The number of nitro benzene ring substituents is 1. The fraction of sp³-hybridized carbons (Fsp3) is 0.238. The number of benzene rings is 2. The van der Waals surface area contributed by atoms with Crippen LogP contribution < -0.4 is 10.2 Å². The van der Waals surface area contributed by atoms with Gasteiger partial charge in [0.25, 0.3) is 5.69 Å². The maximum absolute atomic E-state index is 12.5. The van der Waals surface area contributed by atoms with Gasteiger partial charge < -0.3 is 10.2 Å². The third kappa shape index (κ3) is 3.51. The molecule has 1 amide bonds. The third-order valence-electron chi connectivity index (χ3n) is 5.22. The molecule has 1 aliphatic heterocycles. The van der Waals surface area contributed by atoms with Crippen molar-refractivity contribution < 1.29 is 9.72 Å². The van der Waals surface area contributed by atoms with E-state index in [4.69, 9.17) is 0 Å². The zero-order valence-electron chi connectivity index (χ0n) is 15.2. The quantitative estimate of drug-likeness (QED) is 0.549. The first-order chi connectivity index (χ1) is 13.6. The average Bonchev–Trinajstić information content (AvgIpc) is 2.73. The van der Waals surface area contributed by atoms with Gasteiger partial charge in [-0.3, -0.25) is 19.9 Å². The lowest BCUT2D eigenvalue weighted by Gasteiger charge is -2.33. The summed E-state index contributed by atoms with van der Waals surface area (Å²) in [6.07, 6.45) is 4.66. The maximum atomic E-state index is 12.5. The number of carbonyl (C=O) groups excluding carboxylic acids is 1. The molecule has 142 valence electrons. The maximum Gasteiger partial charge on any atom is 0.278 e. The minimum atomic E-state index is -0.381. The van der Waals surface area contributed by atoms with Crippen molar-refractivity contribution in [3.8, 4) is 0 Å². The number of para-hydroxylation sites is 1. The summed E-state index contributed by atoms with van der Waals surface area (Å²) in [6.45, 7) is 1.45. The summed E-state index contributed by atoms with van der Waals surface area (Å²) in [5, 5.41) is 15.6. The highest BCUT2D eigenvalue weighted by Crippen LogP contribution is 2.35. The van der Waals surface area contributed by atoms with Gasteiger partial charge in [-0.1, -0.05) is 18.2 Å². The summed E-state index contributed by atoms with van der Waals surface area (Å²) in [5.41, 5.74) is 1.82. The highest BCUT2D eigenvalue weighted by Gasteiger charge is 2.27. The van der Waals surface area contributed by atoms with E-state index in [9.17, 15) is 14.9 Å². The van der Waals surface area contributed by atoms with Crippen LogP contribution in [0.3, 0.4) is 0 Å². The molecule has 0 saturated carbocycles. The van der Waals surface area contributed by atoms with Crippen LogP contribution in [0.5, 0.6) is 0 Å². The zero-order chi connectivity index (χ0) is 19.5. The third-order valence-corrected chi connectivity index (χ3v) is 5.22. The summed E-state index contributed by atoms with van der Waals surface area (Å²) in [6, 6.07) is 14.6. The molecule has 0 atom stereocenters. The van der Waals surface area contributed by atoms with Gasteiger partial charge >= 0.3 is 0 Å². The molecule has 0 unspecified atom stereocenters. The molecule has 1 fully saturated rings. The molecule has 0 spiro atoms.